The van der Waals surface area contributed by atoms with E-state index >= 15 is 0 Å². The second-order valence-corrected chi connectivity index (χ2v) is 6.95. The maximum atomic E-state index is 12.6. The fraction of sp³-hybridized carbons (Fsp3) is 0.571. The van der Waals surface area contributed by atoms with E-state index in [-0.39, 0.29) is 18.4 Å². The van der Waals surface area contributed by atoms with Gasteiger partial charge in [0.1, 0.15) is 0 Å². The standard InChI is InChI=1S/C14H22N2O2S.ClH/c1-3-4-13-5-7-14(8-6-13)19(17,18)16-10-9-15-11-12(16)2;/h5-8,12,15H,3-4,9-11H2,1-2H3;1H/t12-;/m1./s1. The smallest absolute Gasteiger partial charge is 0.243 e. The van der Waals surface area contributed by atoms with Crippen molar-refractivity contribution in [2.24, 2.45) is 0 Å². The van der Waals surface area contributed by atoms with Crippen molar-refractivity contribution in [1.82, 2.24) is 9.62 Å². The van der Waals surface area contributed by atoms with E-state index in [1.165, 1.54) is 5.56 Å². The first-order valence-electron chi connectivity index (χ1n) is 6.87. The number of benzene rings is 1. The first kappa shape index (κ1) is 17.4. The summed E-state index contributed by atoms with van der Waals surface area (Å²) in [6.45, 7) is 6.03. The molecule has 0 spiro atoms. The molecule has 6 heteroatoms. The molecule has 0 radical (unpaired) electrons. The summed E-state index contributed by atoms with van der Waals surface area (Å²) in [5, 5.41) is 3.21. The highest BCUT2D eigenvalue weighted by atomic mass is 35.5. The van der Waals surface area contributed by atoms with Crippen molar-refractivity contribution in [3.05, 3.63) is 29.8 Å². The van der Waals surface area contributed by atoms with Gasteiger partial charge >= 0.3 is 0 Å². The third-order valence-corrected chi connectivity index (χ3v) is 5.54. The van der Waals surface area contributed by atoms with Gasteiger partial charge in [-0.1, -0.05) is 25.5 Å². The molecule has 0 unspecified atom stereocenters. The van der Waals surface area contributed by atoms with Crippen LogP contribution in [-0.2, 0) is 16.4 Å². The van der Waals surface area contributed by atoms with Crippen LogP contribution in [0.5, 0.6) is 0 Å². The van der Waals surface area contributed by atoms with Gasteiger partial charge in [-0.05, 0) is 31.0 Å². The van der Waals surface area contributed by atoms with Gasteiger partial charge in [0.2, 0.25) is 10.0 Å². The van der Waals surface area contributed by atoms with Gasteiger partial charge in [-0.2, -0.15) is 4.31 Å². The molecule has 2 rings (SSSR count). The molecular weight excluding hydrogens is 296 g/mol. The predicted molar refractivity (Wildman–Crippen MR) is 83.9 cm³/mol. The van der Waals surface area contributed by atoms with Gasteiger partial charge in [0.15, 0.2) is 0 Å². The number of nitrogens with zero attached hydrogens (tertiary/aromatic N) is 1. The molecule has 1 aliphatic heterocycles. The summed E-state index contributed by atoms with van der Waals surface area (Å²) in [4.78, 5) is 0.404. The molecule has 0 aromatic heterocycles. The van der Waals surface area contributed by atoms with Crippen LogP contribution in [0.15, 0.2) is 29.2 Å². The van der Waals surface area contributed by atoms with Crippen LogP contribution < -0.4 is 5.32 Å². The number of aryl methyl sites for hydroxylation is 1. The van der Waals surface area contributed by atoms with Gasteiger partial charge in [0.25, 0.3) is 0 Å². The van der Waals surface area contributed by atoms with Gasteiger partial charge in [-0.3, -0.25) is 0 Å². The summed E-state index contributed by atoms with van der Waals surface area (Å²) >= 11 is 0. The van der Waals surface area contributed by atoms with Crippen LogP contribution in [0, 0.1) is 0 Å². The summed E-state index contributed by atoms with van der Waals surface area (Å²) in [7, 11) is -3.35. The minimum Gasteiger partial charge on any atom is -0.314 e. The third-order valence-electron chi connectivity index (χ3n) is 3.51. The van der Waals surface area contributed by atoms with E-state index in [2.05, 4.69) is 12.2 Å². The zero-order valence-electron chi connectivity index (χ0n) is 12.0. The third kappa shape index (κ3) is 3.73. The van der Waals surface area contributed by atoms with Crippen molar-refractivity contribution >= 4 is 22.4 Å². The summed E-state index contributed by atoms with van der Waals surface area (Å²) < 4.78 is 26.7. The van der Waals surface area contributed by atoms with E-state index in [4.69, 9.17) is 0 Å². The number of sulfonamides is 1. The normalized spacial score (nSPS) is 20.4. The minimum atomic E-state index is -3.35. The zero-order valence-corrected chi connectivity index (χ0v) is 13.6. The lowest BCUT2D eigenvalue weighted by Gasteiger charge is -2.32. The molecule has 0 saturated carbocycles. The Balaban J connectivity index is 0.00000200. The molecule has 1 aromatic rings. The van der Waals surface area contributed by atoms with Crippen LogP contribution >= 0.6 is 12.4 Å². The van der Waals surface area contributed by atoms with E-state index in [0.717, 1.165) is 19.4 Å². The molecule has 1 N–H and O–H groups in total. The highest BCUT2D eigenvalue weighted by Gasteiger charge is 2.30. The molecule has 1 fully saturated rings. The molecule has 0 amide bonds. The second kappa shape index (κ2) is 7.41. The Hall–Kier alpha value is -0.620. The van der Waals surface area contributed by atoms with Crippen LogP contribution in [0.25, 0.3) is 0 Å². The van der Waals surface area contributed by atoms with E-state index in [1.54, 1.807) is 16.4 Å². The Morgan fingerprint density at radius 2 is 1.95 bits per heavy atom. The molecule has 114 valence electrons. The van der Waals surface area contributed by atoms with Gasteiger partial charge in [-0.25, -0.2) is 8.42 Å². The van der Waals surface area contributed by atoms with Gasteiger partial charge in [0.05, 0.1) is 4.90 Å². The molecule has 20 heavy (non-hydrogen) atoms. The summed E-state index contributed by atoms with van der Waals surface area (Å²) in [5.74, 6) is 0. The first-order chi connectivity index (χ1) is 9.05. The molecule has 1 aliphatic rings. The Bertz CT molecular complexity index is 516. The number of rotatable bonds is 4. The van der Waals surface area contributed by atoms with Gasteiger partial charge in [0, 0.05) is 25.7 Å². The maximum Gasteiger partial charge on any atom is 0.243 e. The first-order valence-corrected chi connectivity index (χ1v) is 8.31. The monoisotopic (exact) mass is 318 g/mol. The zero-order chi connectivity index (χ0) is 13.9. The van der Waals surface area contributed by atoms with Crippen LogP contribution in [0.3, 0.4) is 0 Å². The van der Waals surface area contributed by atoms with E-state index in [9.17, 15) is 8.42 Å². The highest BCUT2D eigenvalue weighted by Crippen LogP contribution is 2.20. The van der Waals surface area contributed by atoms with E-state index in [0.29, 0.717) is 18.0 Å². The van der Waals surface area contributed by atoms with Crippen LogP contribution in [0.4, 0.5) is 0 Å². The predicted octanol–water partition coefficient (Wildman–Crippen LogP) is 2.04. The van der Waals surface area contributed by atoms with Crippen molar-refractivity contribution in [3.63, 3.8) is 0 Å². The fourth-order valence-corrected chi connectivity index (χ4v) is 4.06. The number of hydrogen-bond donors (Lipinski definition) is 1. The molecule has 4 nitrogen and oxygen atoms in total. The fourth-order valence-electron chi connectivity index (χ4n) is 2.43. The molecular formula is C14H23ClN2O2S. The topological polar surface area (TPSA) is 49.4 Å². The molecule has 1 aromatic carbocycles. The largest absolute Gasteiger partial charge is 0.314 e. The SMILES string of the molecule is CCCc1ccc(S(=O)(=O)N2CCNC[C@H]2C)cc1.Cl. The Morgan fingerprint density at radius 1 is 1.30 bits per heavy atom. The van der Waals surface area contributed by atoms with Crippen molar-refractivity contribution in [1.29, 1.82) is 0 Å². The van der Waals surface area contributed by atoms with E-state index in [1.807, 2.05) is 19.1 Å². The molecule has 1 saturated heterocycles. The quantitative estimate of drug-likeness (QED) is 0.924. The Morgan fingerprint density at radius 3 is 2.50 bits per heavy atom. The van der Waals surface area contributed by atoms with Gasteiger partial charge in [-0.15, -0.1) is 12.4 Å². The average molecular weight is 319 g/mol. The summed E-state index contributed by atoms with van der Waals surface area (Å²) in [5.41, 5.74) is 1.19. The van der Waals surface area contributed by atoms with Crippen molar-refractivity contribution in [2.75, 3.05) is 19.6 Å². The van der Waals surface area contributed by atoms with Crippen molar-refractivity contribution in [3.8, 4) is 0 Å². The Kier molecular flexibility index (Phi) is 6.45. The number of piperazine rings is 1. The lowest BCUT2D eigenvalue weighted by Crippen LogP contribution is -2.52. The van der Waals surface area contributed by atoms with E-state index < -0.39 is 10.0 Å². The molecule has 0 aliphatic carbocycles. The van der Waals surface area contributed by atoms with Crippen molar-refractivity contribution < 1.29 is 8.42 Å². The maximum absolute atomic E-state index is 12.6. The molecule has 1 heterocycles. The average Bonchev–Trinajstić information content (AvgIpc) is 2.40. The second-order valence-electron chi connectivity index (χ2n) is 5.06. The lowest BCUT2D eigenvalue weighted by atomic mass is 10.1. The van der Waals surface area contributed by atoms with Crippen LogP contribution in [0.1, 0.15) is 25.8 Å². The number of hydrogen-bond acceptors (Lipinski definition) is 3. The van der Waals surface area contributed by atoms with Crippen molar-refractivity contribution in [2.45, 2.75) is 37.6 Å². The number of halogens is 1. The van der Waals surface area contributed by atoms with Crippen LogP contribution in [0.2, 0.25) is 0 Å². The lowest BCUT2D eigenvalue weighted by molar-refractivity contribution is 0.284. The molecule has 0 bridgehead atoms. The van der Waals surface area contributed by atoms with Gasteiger partial charge < -0.3 is 5.32 Å². The summed E-state index contributed by atoms with van der Waals surface area (Å²) in [6.07, 6.45) is 2.06. The molecule has 1 atom stereocenters. The van der Waals surface area contributed by atoms with Crippen LogP contribution in [-0.4, -0.2) is 38.4 Å². The summed E-state index contributed by atoms with van der Waals surface area (Å²) in [6, 6.07) is 7.31. The Labute approximate surface area is 128 Å². The minimum absolute atomic E-state index is 0. The number of nitrogens with one attached hydrogen (secondary N) is 1. The highest BCUT2D eigenvalue weighted by molar-refractivity contribution is 7.89.